The van der Waals surface area contributed by atoms with Crippen LogP contribution in [0.1, 0.15) is 32.1 Å². The Labute approximate surface area is 124 Å². The minimum atomic E-state index is -0.702. The number of carbonyl (C=O) groups is 1. The summed E-state index contributed by atoms with van der Waals surface area (Å²) in [5, 5.41) is 12.3. The van der Waals surface area contributed by atoms with Crippen LogP contribution in [0.4, 0.5) is 10.1 Å². The molecule has 1 aromatic carbocycles. The van der Waals surface area contributed by atoms with E-state index in [4.69, 9.17) is 0 Å². The van der Waals surface area contributed by atoms with E-state index in [9.17, 15) is 14.4 Å². The highest BCUT2D eigenvalue weighted by Crippen LogP contribution is 2.32. The van der Waals surface area contributed by atoms with Gasteiger partial charge in [-0.15, -0.1) is 0 Å². The van der Waals surface area contributed by atoms with Crippen LogP contribution < -0.4 is 5.32 Å². The minimum Gasteiger partial charge on any atom is -0.374 e. The van der Waals surface area contributed by atoms with Gasteiger partial charge in [0.15, 0.2) is 0 Å². The van der Waals surface area contributed by atoms with Crippen LogP contribution in [0.3, 0.4) is 0 Å². The Bertz CT molecular complexity index is 547. The predicted molar refractivity (Wildman–Crippen MR) is 79.1 cm³/mol. The summed E-state index contributed by atoms with van der Waals surface area (Å²) < 4.78 is 13.5. The molecular formula is C16H20FN3O. The fourth-order valence-electron chi connectivity index (χ4n) is 2.79. The van der Waals surface area contributed by atoms with Crippen LogP contribution in [0.5, 0.6) is 0 Å². The van der Waals surface area contributed by atoms with E-state index in [2.05, 4.69) is 11.4 Å². The highest BCUT2D eigenvalue weighted by atomic mass is 19.1. The maximum Gasteiger partial charge on any atom is 0.242 e. The molecule has 0 aliphatic heterocycles. The van der Waals surface area contributed by atoms with E-state index in [1.807, 2.05) is 0 Å². The Kier molecular flexibility index (Phi) is 4.79. The van der Waals surface area contributed by atoms with Gasteiger partial charge >= 0.3 is 0 Å². The van der Waals surface area contributed by atoms with E-state index in [1.165, 1.54) is 11.0 Å². The summed E-state index contributed by atoms with van der Waals surface area (Å²) in [6.45, 7) is -0.0130. The van der Waals surface area contributed by atoms with Crippen molar-refractivity contribution in [3.05, 3.63) is 30.1 Å². The largest absolute Gasteiger partial charge is 0.374 e. The average Bonchev–Trinajstić information content (AvgIpc) is 2.53. The molecule has 1 aromatic rings. The van der Waals surface area contributed by atoms with Crippen molar-refractivity contribution in [3.8, 4) is 6.07 Å². The second kappa shape index (κ2) is 6.57. The summed E-state index contributed by atoms with van der Waals surface area (Å²) in [6.07, 6.45) is 4.47. The van der Waals surface area contributed by atoms with Gasteiger partial charge in [0, 0.05) is 7.05 Å². The number of hydrogen-bond donors (Lipinski definition) is 1. The lowest BCUT2D eigenvalue weighted by Crippen LogP contribution is -2.51. The molecule has 1 aliphatic rings. The van der Waals surface area contributed by atoms with Gasteiger partial charge in [0.2, 0.25) is 5.91 Å². The van der Waals surface area contributed by atoms with E-state index in [-0.39, 0.29) is 18.3 Å². The smallest absolute Gasteiger partial charge is 0.242 e. The number of rotatable bonds is 4. The van der Waals surface area contributed by atoms with Gasteiger partial charge in [0.1, 0.15) is 11.4 Å². The van der Waals surface area contributed by atoms with Gasteiger partial charge in [0.25, 0.3) is 0 Å². The third kappa shape index (κ3) is 3.33. The topological polar surface area (TPSA) is 56.1 Å². The molecule has 112 valence electrons. The zero-order valence-corrected chi connectivity index (χ0v) is 12.2. The van der Waals surface area contributed by atoms with Crippen molar-refractivity contribution < 1.29 is 9.18 Å². The van der Waals surface area contributed by atoms with Crippen molar-refractivity contribution in [3.63, 3.8) is 0 Å². The summed E-state index contributed by atoms with van der Waals surface area (Å²) >= 11 is 0. The van der Waals surface area contributed by atoms with Crippen molar-refractivity contribution in [1.29, 1.82) is 5.26 Å². The molecule has 1 fully saturated rings. The fraction of sp³-hybridized carbons (Fsp3) is 0.500. The summed E-state index contributed by atoms with van der Waals surface area (Å²) in [5.74, 6) is -0.581. The monoisotopic (exact) mass is 289 g/mol. The van der Waals surface area contributed by atoms with Gasteiger partial charge in [0.05, 0.1) is 18.3 Å². The second-order valence-corrected chi connectivity index (χ2v) is 5.49. The molecule has 21 heavy (non-hydrogen) atoms. The first-order valence-corrected chi connectivity index (χ1v) is 7.25. The standard InChI is InChI=1S/C16H20FN3O/c1-20(16(12-18)9-5-2-6-10-16)15(21)11-19-14-8-4-3-7-13(14)17/h3-4,7-8,19H,2,5-6,9-11H2,1H3. The molecule has 0 radical (unpaired) electrons. The van der Waals surface area contributed by atoms with Crippen LogP contribution in [-0.2, 0) is 4.79 Å². The van der Waals surface area contributed by atoms with Crippen LogP contribution in [0.25, 0.3) is 0 Å². The van der Waals surface area contributed by atoms with Crippen molar-refractivity contribution in [2.24, 2.45) is 0 Å². The normalized spacial score (nSPS) is 16.8. The van der Waals surface area contributed by atoms with Crippen LogP contribution in [0.15, 0.2) is 24.3 Å². The number of para-hydroxylation sites is 1. The summed E-state index contributed by atoms with van der Waals surface area (Å²) in [7, 11) is 1.67. The van der Waals surface area contributed by atoms with E-state index in [1.54, 1.807) is 25.2 Å². The molecule has 4 nitrogen and oxygen atoms in total. The van der Waals surface area contributed by atoms with Crippen molar-refractivity contribution in [2.75, 3.05) is 18.9 Å². The number of nitriles is 1. The van der Waals surface area contributed by atoms with E-state index < -0.39 is 5.54 Å². The molecule has 0 bridgehead atoms. The number of carbonyl (C=O) groups excluding carboxylic acids is 1. The van der Waals surface area contributed by atoms with Crippen molar-refractivity contribution >= 4 is 11.6 Å². The number of amides is 1. The number of benzene rings is 1. The van der Waals surface area contributed by atoms with Gasteiger partial charge in [-0.3, -0.25) is 4.79 Å². The number of nitrogens with zero attached hydrogens (tertiary/aromatic N) is 2. The first-order valence-electron chi connectivity index (χ1n) is 7.25. The highest BCUT2D eigenvalue weighted by molar-refractivity contribution is 5.81. The lowest BCUT2D eigenvalue weighted by Gasteiger charge is -2.39. The molecule has 1 amide bonds. The molecule has 5 heteroatoms. The van der Waals surface area contributed by atoms with Gasteiger partial charge < -0.3 is 10.2 Å². The summed E-state index contributed by atoms with van der Waals surface area (Å²) in [4.78, 5) is 13.8. The van der Waals surface area contributed by atoms with Crippen LogP contribution >= 0.6 is 0 Å². The van der Waals surface area contributed by atoms with Crippen LogP contribution in [0.2, 0.25) is 0 Å². The number of anilines is 1. The number of likely N-dealkylation sites (N-methyl/N-ethyl adjacent to an activating group) is 1. The molecule has 0 atom stereocenters. The average molecular weight is 289 g/mol. The van der Waals surface area contributed by atoms with Crippen LogP contribution in [-0.4, -0.2) is 29.9 Å². The SMILES string of the molecule is CN(C(=O)CNc1ccccc1F)C1(C#N)CCCCC1. The quantitative estimate of drug-likeness (QED) is 0.927. The first-order chi connectivity index (χ1) is 10.1. The van der Waals surface area contributed by atoms with Crippen molar-refractivity contribution in [1.82, 2.24) is 4.90 Å². The molecule has 0 aromatic heterocycles. The maximum atomic E-state index is 13.5. The van der Waals surface area contributed by atoms with E-state index >= 15 is 0 Å². The molecule has 0 spiro atoms. The van der Waals surface area contributed by atoms with Crippen molar-refractivity contribution in [2.45, 2.75) is 37.6 Å². The Morgan fingerprint density at radius 3 is 2.67 bits per heavy atom. The third-order valence-corrected chi connectivity index (χ3v) is 4.21. The Balaban J connectivity index is 1.99. The first kappa shape index (κ1) is 15.3. The number of hydrogen-bond acceptors (Lipinski definition) is 3. The van der Waals surface area contributed by atoms with E-state index in [0.717, 1.165) is 19.3 Å². The van der Waals surface area contributed by atoms with Gasteiger partial charge in [-0.05, 0) is 25.0 Å². The predicted octanol–water partition coefficient (Wildman–Crippen LogP) is 2.92. The molecule has 1 aliphatic carbocycles. The van der Waals surface area contributed by atoms with E-state index in [0.29, 0.717) is 18.5 Å². The molecule has 0 saturated heterocycles. The minimum absolute atomic E-state index is 0.0130. The zero-order chi connectivity index (χ0) is 15.3. The molecule has 1 saturated carbocycles. The Morgan fingerprint density at radius 2 is 2.05 bits per heavy atom. The summed E-state index contributed by atoms with van der Waals surface area (Å²) in [6, 6.07) is 8.54. The number of halogens is 1. The molecule has 2 rings (SSSR count). The molecule has 1 N–H and O–H groups in total. The lowest BCUT2D eigenvalue weighted by atomic mass is 9.81. The maximum absolute atomic E-state index is 13.5. The van der Waals surface area contributed by atoms with Gasteiger partial charge in [-0.25, -0.2) is 4.39 Å². The molecule has 0 unspecified atom stereocenters. The van der Waals surface area contributed by atoms with Gasteiger partial charge in [-0.1, -0.05) is 31.4 Å². The third-order valence-electron chi connectivity index (χ3n) is 4.21. The van der Waals surface area contributed by atoms with Crippen LogP contribution in [0, 0.1) is 17.1 Å². The Morgan fingerprint density at radius 1 is 1.38 bits per heavy atom. The van der Waals surface area contributed by atoms with Gasteiger partial charge in [-0.2, -0.15) is 5.26 Å². The highest BCUT2D eigenvalue weighted by Gasteiger charge is 2.38. The number of nitrogens with one attached hydrogen (secondary N) is 1. The zero-order valence-electron chi connectivity index (χ0n) is 12.2. The second-order valence-electron chi connectivity index (χ2n) is 5.49. The summed E-state index contributed by atoms with van der Waals surface area (Å²) in [5.41, 5.74) is -0.402. The molecular weight excluding hydrogens is 269 g/mol. The molecule has 0 heterocycles. The fourth-order valence-corrected chi connectivity index (χ4v) is 2.79. The lowest BCUT2D eigenvalue weighted by molar-refractivity contribution is -0.132. The Hall–Kier alpha value is -2.09.